The van der Waals surface area contributed by atoms with E-state index in [1.807, 2.05) is 13.1 Å². The maximum Gasteiger partial charge on any atom is 0.193 e. The van der Waals surface area contributed by atoms with Crippen molar-refractivity contribution in [2.45, 2.75) is 19.4 Å². The molecule has 2 aromatic heterocycles. The topological polar surface area (TPSA) is 72.7 Å². The second-order valence-corrected chi connectivity index (χ2v) is 7.19. The van der Waals surface area contributed by atoms with Gasteiger partial charge in [-0.25, -0.2) is 0 Å². The summed E-state index contributed by atoms with van der Waals surface area (Å²) >= 11 is 0. The summed E-state index contributed by atoms with van der Waals surface area (Å²) in [6, 6.07) is 10.4. The summed E-state index contributed by atoms with van der Waals surface area (Å²) in [5, 5.41) is 8.86. The predicted octanol–water partition coefficient (Wildman–Crippen LogP) is 2.48. The molecule has 2 N–H and O–H groups in total. The Labute approximate surface area is 165 Å². The Morgan fingerprint density at radius 1 is 1.21 bits per heavy atom. The van der Waals surface area contributed by atoms with Crippen LogP contribution in [0.3, 0.4) is 0 Å². The van der Waals surface area contributed by atoms with Gasteiger partial charge in [0.2, 0.25) is 0 Å². The van der Waals surface area contributed by atoms with Crippen LogP contribution >= 0.6 is 0 Å². The fourth-order valence-corrected chi connectivity index (χ4v) is 3.82. The van der Waals surface area contributed by atoms with E-state index in [0.717, 1.165) is 63.8 Å². The van der Waals surface area contributed by atoms with Gasteiger partial charge < -0.3 is 19.7 Å². The van der Waals surface area contributed by atoms with E-state index < -0.39 is 0 Å². The van der Waals surface area contributed by atoms with E-state index in [2.05, 4.69) is 60.7 Å². The van der Waals surface area contributed by atoms with Gasteiger partial charge >= 0.3 is 0 Å². The Hall–Kier alpha value is -2.80. The number of rotatable bonds is 6. The molecule has 4 rings (SSSR count). The lowest BCUT2D eigenvalue weighted by Crippen LogP contribution is -2.52. The first-order chi connectivity index (χ1) is 13.8. The number of hydrogen-bond donors (Lipinski definition) is 2. The Morgan fingerprint density at radius 3 is 2.86 bits per heavy atom. The summed E-state index contributed by atoms with van der Waals surface area (Å²) in [7, 11) is 1.86. The third-order valence-corrected chi connectivity index (χ3v) is 5.34. The summed E-state index contributed by atoms with van der Waals surface area (Å²) in [5.41, 5.74) is 3.59. The summed E-state index contributed by atoms with van der Waals surface area (Å²) < 4.78 is 4.92. The van der Waals surface area contributed by atoms with E-state index in [0.29, 0.717) is 0 Å². The SMILES string of the molecule is CN=C(NCCCc1c[nH]c2ccccc12)N1CCN(Cc2ccon2)CC1. The van der Waals surface area contributed by atoms with Crippen LogP contribution < -0.4 is 5.32 Å². The number of aromatic nitrogens is 2. The van der Waals surface area contributed by atoms with Crippen molar-refractivity contribution < 1.29 is 4.52 Å². The molecule has 1 aromatic carbocycles. The van der Waals surface area contributed by atoms with E-state index in [4.69, 9.17) is 4.52 Å². The van der Waals surface area contributed by atoms with Crippen LogP contribution in [0.4, 0.5) is 0 Å². The van der Waals surface area contributed by atoms with Crippen LogP contribution in [-0.4, -0.2) is 65.7 Å². The second kappa shape index (κ2) is 8.93. The van der Waals surface area contributed by atoms with Gasteiger partial charge in [-0.3, -0.25) is 9.89 Å². The molecule has 0 radical (unpaired) electrons. The van der Waals surface area contributed by atoms with Crippen LogP contribution in [0.5, 0.6) is 0 Å². The molecule has 1 aliphatic heterocycles. The van der Waals surface area contributed by atoms with E-state index in [1.165, 1.54) is 16.5 Å². The lowest BCUT2D eigenvalue weighted by atomic mass is 10.1. The zero-order chi connectivity index (χ0) is 19.2. The van der Waals surface area contributed by atoms with Crippen LogP contribution in [0.15, 0.2) is 52.3 Å². The molecule has 0 spiro atoms. The molecule has 148 valence electrons. The number of fused-ring (bicyclic) bond motifs is 1. The maximum atomic E-state index is 4.92. The fraction of sp³-hybridized carbons (Fsp3) is 0.429. The smallest absolute Gasteiger partial charge is 0.193 e. The highest BCUT2D eigenvalue weighted by molar-refractivity contribution is 5.83. The van der Waals surface area contributed by atoms with Crippen molar-refractivity contribution >= 4 is 16.9 Å². The number of H-pyrrole nitrogens is 1. The van der Waals surface area contributed by atoms with Gasteiger partial charge in [0.05, 0.1) is 5.69 Å². The molecular weight excluding hydrogens is 352 g/mol. The minimum absolute atomic E-state index is 0.848. The number of aryl methyl sites for hydroxylation is 1. The lowest BCUT2D eigenvalue weighted by molar-refractivity contribution is 0.169. The van der Waals surface area contributed by atoms with Crippen LogP contribution in [-0.2, 0) is 13.0 Å². The monoisotopic (exact) mass is 380 g/mol. The van der Waals surface area contributed by atoms with Crippen molar-refractivity contribution in [1.82, 2.24) is 25.3 Å². The average molecular weight is 380 g/mol. The number of aliphatic imine (C=N–C) groups is 1. The average Bonchev–Trinajstić information content (AvgIpc) is 3.39. The number of benzene rings is 1. The Balaban J connectivity index is 1.21. The molecule has 7 heteroatoms. The zero-order valence-corrected chi connectivity index (χ0v) is 16.4. The van der Waals surface area contributed by atoms with Crippen molar-refractivity contribution in [2.24, 2.45) is 4.99 Å². The molecule has 1 saturated heterocycles. The number of nitrogens with zero attached hydrogens (tertiary/aromatic N) is 4. The zero-order valence-electron chi connectivity index (χ0n) is 16.4. The standard InChI is InChI=1S/C21H28N6O/c1-22-21(27-12-10-26(11-13-27)16-18-8-14-28-25-18)23-9-4-5-17-15-24-20-7-3-2-6-19(17)20/h2-3,6-8,14-15,24H,4-5,9-13,16H2,1H3,(H,22,23). The summed E-state index contributed by atoms with van der Waals surface area (Å²) in [4.78, 5) is 12.6. The fourth-order valence-electron chi connectivity index (χ4n) is 3.82. The second-order valence-electron chi connectivity index (χ2n) is 7.19. The van der Waals surface area contributed by atoms with E-state index in [9.17, 15) is 0 Å². The largest absolute Gasteiger partial charge is 0.364 e. The first-order valence-corrected chi connectivity index (χ1v) is 9.95. The first-order valence-electron chi connectivity index (χ1n) is 9.95. The predicted molar refractivity (Wildman–Crippen MR) is 111 cm³/mol. The molecule has 28 heavy (non-hydrogen) atoms. The van der Waals surface area contributed by atoms with Gasteiger partial charge in [-0.05, 0) is 24.5 Å². The molecule has 1 fully saturated rings. The summed E-state index contributed by atoms with van der Waals surface area (Å²) in [5.74, 6) is 1.00. The summed E-state index contributed by atoms with van der Waals surface area (Å²) in [6.07, 6.45) is 5.90. The maximum absolute atomic E-state index is 4.92. The van der Waals surface area contributed by atoms with Gasteiger partial charge in [0, 0.05) is 69.5 Å². The molecule has 7 nitrogen and oxygen atoms in total. The lowest BCUT2D eigenvalue weighted by Gasteiger charge is -2.36. The molecule has 0 bridgehead atoms. The Morgan fingerprint density at radius 2 is 2.07 bits per heavy atom. The van der Waals surface area contributed by atoms with Crippen LogP contribution in [0.25, 0.3) is 10.9 Å². The van der Waals surface area contributed by atoms with Crippen LogP contribution in [0.2, 0.25) is 0 Å². The quantitative estimate of drug-likeness (QED) is 0.390. The van der Waals surface area contributed by atoms with Crippen LogP contribution in [0.1, 0.15) is 17.7 Å². The molecule has 0 aliphatic carbocycles. The minimum Gasteiger partial charge on any atom is -0.364 e. The van der Waals surface area contributed by atoms with Crippen molar-refractivity contribution in [3.8, 4) is 0 Å². The Bertz CT molecular complexity index is 893. The molecule has 3 heterocycles. The van der Waals surface area contributed by atoms with Gasteiger partial charge in [-0.15, -0.1) is 0 Å². The van der Waals surface area contributed by atoms with E-state index in [-0.39, 0.29) is 0 Å². The van der Waals surface area contributed by atoms with E-state index >= 15 is 0 Å². The highest BCUT2D eigenvalue weighted by Gasteiger charge is 2.20. The third-order valence-electron chi connectivity index (χ3n) is 5.34. The molecule has 3 aromatic rings. The number of aromatic amines is 1. The van der Waals surface area contributed by atoms with Gasteiger partial charge in [-0.2, -0.15) is 0 Å². The summed E-state index contributed by atoms with van der Waals surface area (Å²) in [6.45, 7) is 5.72. The Kier molecular flexibility index (Phi) is 5.92. The molecule has 0 saturated carbocycles. The minimum atomic E-state index is 0.848. The van der Waals surface area contributed by atoms with Gasteiger partial charge in [0.25, 0.3) is 0 Å². The van der Waals surface area contributed by atoms with Gasteiger partial charge in [-0.1, -0.05) is 23.4 Å². The van der Waals surface area contributed by atoms with Crippen molar-refractivity contribution in [2.75, 3.05) is 39.8 Å². The van der Waals surface area contributed by atoms with Crippen molar-refractivity contribution in [1.29, 1.82) is 0 Å². The highest BCUT2D eigenvalue weighted by atomic mass is 16.5. The number of nitrogens with one attached hydrogen (secondary N) is 2. The van der Waals surface area contributed by atoms with Gasteiger partial charge in [0.15, 0.2) is 5.96 Å². The normalized spacial score (nSPS) is 16.0. The van der Waals surface area contributed by atoms with E-state index in [1.54, 1.807) is 6.26 Å². The number of para-hydroxylation sites is 1. The molecule has 0 atom stereocenters. The first kappa shape index (κ1) is 18.6. The van der Waals surface area contributed by atoms with Crippen LogP contribution in [0, 0.1) is 0 Å². The van der Waals surface area contributed by atoms with Crippen molar-refractivity contribution in [3.05, 3.63) is 54.0 Å². The van der Waals surface area contributed by atoms with Crippen molar-refractivity contribution in [3.63, 3.8) is 0 Å². The number of guanidine groups is 1. The number of piperazine rings is 1. The molecular formula is C21H28N6O. The molecule has 1 aliphatic rings. The molecule has 0 unspecified atom stereocenters. The number of hydrogen-bond acceptors (Lipinski definition) is 4. The van der Waals surface area contributed by atoms with Gasteiger partial charge in [0.1, 0.15) is 6.26 Å². The highest BCUT2D eigenvalue weighted by Crippen LogP contribution is 2.18. The molecule has 0 amide bonds. The third kappa shape index (κ3) is 4.36.